The number of rotatable bonds is 4. The summed E-state index contributed by atoms with van der Waals surface area (Å²) in [5.74, 6) is -0.0940. The van der Waals surface area contributed by atoms with Crippen molar-refractivity contribution < 1.29 is 9.21 Å². The van der Waals surface area contributed by atoms with Gasteiger partial charge in [-0.25, -0.2) is 0 Å². The molecule has 0 bridgehead atoms. The molecule has 4 nitrogen and oxygen atoms in total. The number of hydrogen-bond acceptors (Lipinski definition) is 3. The molecule has 0 aliphatic rings. The second-order valence-corrected chi connectivity index (χ2v) is 4.03. The molecule has 0 saturated carbocycles. The number of anilines is 2. The van der Waals surface area contributed by atoms with E-state index >= 15 is 0 Å². The monoisotopic (exact) mass is 244 g/mol. The lowest BCUT2D eigenvalue weighted by atomic mass is 10.2. The topological polar surface area (TPSA) is 59.5 Å². The third-order valence-corrected chi connectivity index (χ3v) is 2.69. The van der Waals surface area contributed by atoms with Gasteiger partial charge in [0.25, 0.3) is 5.91 Å². The van der Waals surface area contributed by atoms with Crippen LogP contribution < -0.4 is 10.6 Å². The number of carbonyl (C=O) groups is 1. The van der Waals surface area contributed by atoms with E-state index in [1.54, 1.807) is 17.0 Å². The van der Waals surface area contributed by atoms with Crippen LogP contribution >= 0.6 is 0 Å². The fourth-order valence-corrected chi connectivity index (χ4v) is 1.83. The van der Waals surface area contributed by atoms with Crippen LogP contribution in [0.4, 0.5) is 11.4 Å². The third-order valence-electron chi connectivity index (χ3n) is 2.69. The van der Waals surface area contributed by atoms with Crippen molar-refractivity contribution in [2.45, 2.75) is 13.3 Å². The van der Waals surface area contributed by atoms with Crippen molar-refractivity contribution in [3.8, 4) is 0 Å². The van der Waals surface area contributed by atoms with Gasteiger partial charge in [-0.1, -0.05) is 19.1 Å². The van der Waals surface area contributed by atoms with E-state index in [0.29, 0.717) is 17.8 Å². The summed E-state index contributed by atoms with van der Waals surface area (Å²) in [6, 6.07) is 9.02. The second kappa shape index (κ2) is 5.40. The van der Waals surface area contributed by atoms with Crippen LogP contribution in [-0.4, -0.2) is 12.5 Å². The highest BCUT2D eigenvalue weighted by molar-refractivity contribution is 6.07. The molecule has 0 radical (unpaired) electrons. The number of para-hydroxylation sites is 2. The van der Waals surface area contributed by atoms with Crippen LogP contribution in [0.5, 0.6) is 0 Å². The molecular weight excluding hydrogens is 228 g/mol. The van der Waals surface area contributed by atoms with Gasteiger partial charge in [0.05, 0.1) is 23.2 Å². The van der Waals surface area contributed by atoms with Crippen LogP contribution in [0, 0.1) is 0 Å². The zero-order valence-corrected chi connectivity index (χ0v) is 10.3. The first-order valence-corrected chi connectivity index (χ1v) is 5.92. The molecule has 1 aromatic heterocycles. The Labute approximate surface area is 106 Å². The van der Waals surface area contributed by atoms with Gasteiger partial charge in [0.2, 0.25) is 0 Å². The van der Waals surface area contributed by atoms with Crippen molar-refractivity contribution in [1.29, 1.82) is 0 Å². The molecule has 0 aliphatic carbocycles. The molecule has 18 heavy (non-hydrogen) atoms. The van der Waals surface area contributed by atoms with E-state index in [-0.39, 0.29) is 5.91 Å². The molecule has 0 unspecified atom stereocenters. The Morgan fingerprint density at radius 2 is 2.11 bits per heavy atom. The maximum absolute atomic E-state index is 12.4. The highest BCUT2D eigenvalue weighted by Crippen LogP contribution is 2.24. The van der Waals surface area contributed by atoms with Gasteiger partial charge in [-0.2, -0.15) is 0 Å². The van der Waals surface area contributed by atoms with Crippen LogP contribution in [0.2, 0.25) is 0 Å². The Kier molecular flexibility index (Phi) is 3.67. The molecule has 0 fully saturated rings. The Morgan fingerprint density at radius 1 is 1.33 bits per heavy atom. The normalized spacial score (nSPS) is 10.3. The summed E-state index contributed by atoms with van der Waals surface area (Å²) in [5, 5.41) is 0. The number of nitrogens with two attached hydrogens (primary N) is 1. The summed E-state index contributed by atoms with van der Waals surface area (Å²) < 4.78 is 4.95. The number of nitrogen functional groups attached to an aromatic ring is 1. The summed E-state index contributed by atoms with van der Waals surface area (Å²) in [7, 11) is 0. The number of carbonyl (C=O) groups excluding carboxylic acids is 1. The van der Waals surface area contributed by atoms with E-state index in [2.05, 4.69) is 0 Å². The largest absolute Gasteiger partial charge is 0.472 e. The lowest BCUT2D eigenvalue weighted by Gasteiger charge is -2.23. The molecule has 2 N–H and O–H groups in total. The van der Waals surface area contributed by atoms with Gasteiger partial charge in [0.15, 0.2) is 0 Å². The molecule has 0 spiro atoms. The fraction of sp³-hybridized carbons (Fsp3) is 0.214. The van der Waals surface area contributed by atoms with Crippen LogP contribution in [0.3, 0.4) is 0 Å². The smallest absolute Gasteiger partial charge is 0.261 e. The van der Waals surface area contributed by atoms with E-state index in [1.807, 2.05) is 25.1 Å². The summed E-state index contributed by atoms with van der Waals surface area (Å²) in [5.41, 5.74) is 7.80. The Hall–Kier alpha value is -2.23. The van der Waals surface area contributed by atoms with Crippen molar-refractivity contribution in [2.75, 3.05) is 17.2 Å². The molecule has 0 aliphatic heterocycles. The summed E-state index contributed by atoms with van der Waals surface area (Å²) in [6.07, 6.45) is 3.80. The lowest BCUT2D eigenvalue weighted by molar-refractivity contribution is 0.0986. The molecule has 1 heterocycles. The average Bonchev–Trinajstić information content (AvgIpc) is 2.90. The second-order valence-electron chi connectivity index (χ2n) is 4.03. The van der Waals surface area contributed by atoms with Crippen molar-refractivity contribution in [3.63, 3.8) is 0 Å². The van der Waals surface area contributed by atoms with Crippen molar-refractivity contribution in [2.24, 2.45) is 0 Å². The molecule has 1 aromatic carbocycles. The molecule has 0 atom stereocenters. The number of furan rings is 1. The Balaban J connectivity index is 2.34. The Bertz CT molecular complexity index is 520. The standard InChI is InChI=1S/C14H16N2O2/c1-2-8-16(13-6-4-3-5-12(13)15)14(17)11-7-9-18-10-11/h3-7,9-10H,2,8,15H2,1H3. The molecule has 4 heteroatoms. The van der Waals surface area contributed by atoms with Crippen LogP contribution in [0.25, 0.3) is 0 Å². The molecule has 0 saturated heterocycles. The first-order chi connectivity index (χ1) is 8.74. The molecule has 2 rings (SSSR count). The van der Waals surface area contributed by atoms with Crippen molar-refractivity contribution in [3.05, 3.63) is 48.4 Å². The zero-order valence-electron chi connectivity index (χ0n) is 10.3. The SMILES string of the molecule is CCCN(C(=O)c1ccoc1)c1ccccc1N. The summed E-state index contributed by atoms with van der Waals surface area (Å²) in [4.78, 5) is 14.0. The zero-order chi connectivity index (χ0) is 13.0. The average molecular weight is 244 g/mol. The summed E-state index contributed by atoms with van der Waals surface area (Å²) in [6.45, 7) is 2.65. The lowest BCUT2D eigenvalue weighted by Crippen LogP contribution is -2.32. The van der Waals surface area contributed by atoms with E-state index in [1.165, 1.54) is 12.5 Å². The van der Waals surface area contributed by atoms with Crippen molar-refractivity contribution >= 4 is 17.3 Å². The maximum Gasteiger partial charge on any atom is 0.261 e. The van der Waals surface area contributed by atoms with Gasteiger partial charge in [-0.15, -0.1) is 0 Å². The summed E-state index contributed by atoms with van der Waals surface area (Å²) >= 11 is 0. The van der Waals surface area contributed by atoms with Gasteiger partial charge in [0.1, 0.15) is 6.26 Å². The number of benzene rings is 1. The van der Waals surface area contributed by atoms with Crippen molar-refractivity contribution in [1.82, 2.24) is 0 Å². The van der Waals surface area contributed by atoms with E-state index < -0.39 is 0 Å². The quantitative estimate of drug-likeness (QED) is 0.841. The van der Waals surface area contributed by atoms with Gasteiger partial charge < -0.3 is 15.1 Å². The third kappa shape index (κ3) is 2.37. The van der Waals surface area contributed by atoms with E-state index in [0.717, 1.165) is 12.1 Å². The van der Waals surface area contributed by atoms with Gasteiger partial charge >= 0.3 is 0 Å². The number of hydrogen-bond donors (Lipinski definition) is 1. The minimum absolute atomic E-state index is 0.0940. The molecule has 2 aromatic rings. The highest BCUT2D eigenvalue weighted by atomic mass is 16.3. The van der Waals surface area contributed by atoms with Gasteiger partial charge in [-0.05, 0) is 24.6 Å². The highest BCUT2D eigenvalue weighted by Gasteiger charge is 2.19. The predicted molar refractivity (Wildman–Crippen MR) is 71.5 cm³/mol. The van der Waals surface area contributed by atoms with E-state index in [9.17, 15) is 4.79 Å². The van der Waals surface area contributed by atoms with Crippen LogP contribution in [-0.2, 0) is 0 Å². The minimum Gasteiger partial charge on any atom is -0.472 e. The first-order valence-electron chi connectivity index (χ1n) is 5.92. The van der Waals surface area contributed by atoms with Gasteiger partial charge in [-0.3, -0.25) is 4.79 Å². The van der Waals surface area contributed by atoms with Crippen LogP contribution in [0.1, 0.15) is 23.7 Å². The molecular formula is C14H16N2O2. The van der Waals surface area contributed by atoms with Gasteiger partial charge in [0, 0.05) is 6.54 Å². The van der Waals surface area contributed by atoms with E-state index in [4.69, 9.17) is 10.2 Å². The molecule has 1 amide bonds. The molecule has 94 valence electrons. The predicted octanol–water partition coefficient (Wildman–Crippen LogP) is 2.92. The van der Waals surface area contributed by atoms with Crippen LogP contribution in [0.15, 0.2) is 47.3 Å². The minimum atomic E-state index is -0.0940. The number of nitrogens with zero attached hydrogens (tertiary/aromatic N) is 1. The first kappa shape index (κ1) is 12.2. The number of amides is 1. The maximum atomic E-state index is 12.4. The fourth-order valence-electron chi connectivity index (χ4n) is 1.83. The Morgan fingerprint density at radius 3 is 2.72 bits per heavy atom.